The minimum absolute atomic E-state index is 0.00510. The van der Waals surface area contributed by atoms with Crippen LogP contribution in [0.5, 0.6) is 5.75 Å². The smallest absolute Gasteiger partial charge is 0.242 e. The predicted octanol–water partition coefficient (Wildman–Crippen LogP) is 0.521. The number of hydrogen-bond donors (Lipinski definition) is 1. The first-order valence-corrected chi connectivity index (χ1v) is 12.2. The van der Waals surface area contributed by atoms with Gasteiger partial charge in [-0.3, -0.25) is 4.98 Å². The molecule has 0 amide bonds. The Labute approximate surface area is 171 Å². The first-order valence-electron chi connectivity index (χ1n) is 9.08. The van der Waals surface area contributed by atoms with Crippen molar-refractivity contribution in [2.24, 2.45) is 0 Å². The van der Waals surface area contributed by atoms with Gasteiger partial charge in [-0.15, -0.1) is 0 Å². The van der Waals surface area contributed by atoms with E-state index < -0.39 is 20.0 Å². The number of ether oxygens (including phenoxy) is 1. The van der Waals surface area contributed by atoms with E-state index in [0.29, 0.717) is 26.2 Å². The van der Waals surface area contributed by atoms with Gasteiger partial charge in [0, 0.05) is 50.8 Å². The molecule has 9 nitrogen and oxygen atoms in total. The molecule has 0 aliphatic carbocycles. The normalized spacial score (nSPS) is 16.0. The van der Waals surface area contributed by atoms with E-state index in [-0.39, 0.29) is 17.2 Å². The summed E-state index contributed by atoms with van der Waals surface area (Å²) < 4.78 is 58.4. The maximum Gasteiger partial charge on any atom is 0.242 e. The molecular weight excluding hydrogens is 416 g/mol. The Morgan fingerprint density at radius 1 is 1.03 bits per heavy atom. The average Bonchev–Trinajstić information content (AvgIpc) is 2.74. The van der Waals surface area contributed by atoms with Crippen LogP contribution in [0.4, 0.5) is 5.69 Å². The molecule has 1 aromatic heterocycles. The van der Waals surface area contributed by atoms with E-state index in [9.17, 15) is 16.8 Å². The number of sulfonamides is 2. The van der Waals surface area contributed by atoms with Gasteiger partial charge in [0.25, 0.3) is 0 Å². The van der Waals surface area contributed by atoms with E-state index in [0.717, 1.165) is 11.4 Å². The summed E-state index contributed by atoms with van der Waals surface area (Å²) in [7, 11) is -5.73. The zero-order valence-electron chi connectivity index (χ0n) is 16.1. The lowest BCUT2D eigenvalue weighted by Gasteiger charge is -2.35. The van der Waals surface area contributed by atoms with E-state index in [1.165, 1.54) is 28.8 Å². The maximum atomic E-state index is 12.6. The molecule has 1 aliphatic rings. The molecule has 2 aromatic rings. The first kappa shape index (κ1) is 21.5. The van der Waals surface area contributed by atoms with Crippen LogP contribution in [0.2, 0.25) is 0 Å². The van der Waals surface area contributed by atoms with Crippen LogP contribution in [0.25, 0.3) is 0 Å². The van der Waals surface area contributed by atoms with Crippen molar-refractivity contribution < 1.29 is 21.6 Å². The SMILES string of the molecule is COc1ccc(N2CCN(S(=O)(=O)CCNS(=O)(=O)c3cccnc3)CC2)cc1. The number of nitrogens with one attached hydrogen (secondary N) is 1. The molecule has 0 atom stereocenters. The number of anilines is 1. The Morgan fingerprint density at radius 2 is 1.72 bits per heavy atom. The van der Waals surface area contributed by atoms with Crippen LogP contribution < -0.4 is 14.4 Å². The van der Waals surface area contributed by atoms with Gasteiger partial charge in [0.15, 0.2) is 0 Å². The van der Waals surface area contributed by atoms with E-state index in [2.05, 4.69) is 14.6 Å². The Kier molecular flexibility index (Phi) is 6.73. The molecule has 29 heavy (non-hydrogen) atoms. The molecular formula is C18H24N4O5S2. The molecule has 11 heteroatoms. The monoisotopic (exact) mass is 440 g/mol. The summed E-state index contributed by atoms with van der Waals surface area (Å²) in [6.45, 7) is 1.63. The Hall–Kier alpha value is -2.21. The fourth-order valence-corrected chi connectivity index (χ4v) is 5.50. The van der Waals surface area contributed by atoms with Crippen LogP contribution in [-0.4, -0.2) is 71.7 Å². The lowest BCUT2D eigenvalue weighted by atomic mass is 10.2. The van der Waals surface area contributed by atoms with Gasteiger partial charge in [-0.25, -0.2) is 21.6 Å². The van der Waals surface area contributed by atoms with Crippen molar-refractivity contribution in [2.45, 2.75) is 4.90 Å². The van der Waals surface area contributed by atoms with Crippen LogP contribution in [-0.2, 0) is 20.0 Å². The Morgan fingerprint density at radius 3 is 2.31 bits per heavy atom. The Bertz CT molecular complexity index is 1000. The lowest BCUT2D eigenvalue weighted by molar-refractivity contribution is 0.384. The molecule has 158 valence electrons. The van der Waals surface area contributed by atoms with Gasteiger partial charge in [-0.2, -0.15) is 4.31 Å². The number of piperazine rings is 1. The summed E-state index contributed by atoms with van der Waals surface area (Å²) in [5, 5.41) is 0. The van der Waals surface area contributed by atoms with Crippen LogP contribution >= 0.6 is 0 Å². The van der Waals surface area contributed by atoms with Crippen molar-refractivity contribution >= 4 is 25.7 Å². The number of rotatable bonds is 8. The molecule has 1 fully saturated rings. The second-order valence-electron chi connectivity index (χ2n) is 6.49. The number of hydrogen-bond acceptors (Lipinski definition) is 7. The zero-order chi connectivity index (χ0) is 20.9. The summed E-state index contributed by atoms with van der Waals surface area (Å²) in [4.78, 5) is 5.88. The largest absolute Gasteiger partial charge is 0.497 e. The van der Waals surface area contributed by atoms with Crippen molar-refractivity contribution in [3.05, 3.63) is 48.8 Å². The molecule has 2 heterocycles. The number of pyridine rings is 1. The van der Waals surface area contributed by atoms with E-state index in [4.69, 9.17) is 4.74 Å². The van der Waals surface area contributed by atoms with Crippen molar-refractivity contribution in [2.75, 3.05) is 50.5 Å². The fraction of sp³-hybridized carbons (Fsp3) is 0.389. The van der Waals surface area contributed by atoms with Gasteiger partial charge >= 0.3 is 0 Å². The van der Waals surface area contributed by atoms with E-state index in [1.54, 1.807) is 7.11 Å². The van der Waals surface area contributed by atoms with Crippen LogP contribution in [0, 0.1) is 0 Å². The van der Waals surface area contributed by atoms with Crippen LogP contribution in [0.1, 0.15) is 0 Å². The molecule has 1 aromatic carbocycles. The third kappa shape index (κ3) is 5.44. The molecule has 0 unspecified atom stereocenters. The van der Waals surface area contributed by atoms with Gasteiger partial charge < -0.3 is 9.64 Å². The third-order valence-electron chi connectivity index (χ3n) is 4.67. The fourth-order valence-electron chi connectivity index (χ4n) is 3.04. The van der Waals surface area contributed by atoms with Gasteiger partial charge in [-0.05, 0) is 36.4 Å². The molecule has 1 aliphatic heterocycles. The Balaban J connectivity index is 1.52. The topological polar surface area (TPSA) is 109 Å². The minimum atomic E-state index is -3.78. The van der Waals surface area contributed by atoms with Gasteiger partial charge in [0.05, 0.1) is 12.9 Å². The van der Waals surface area contributed by atoms with Gasteiger partial charge in [0.1, 0.15) is 10.6 Å². The molecule has 0 spiro atoms. The molecule has 1 saturated heterocycles. The zero-order valence-corrected chi connectivity index (χ0v) is 17.7. The highest BCUT2D eigenvalue weighted by Crippen LogP contribution is 2.21. The number of methoxy groups -OCH3 is 1. The number of benzene rings is 1. The van der Waals surface area contributed by atoms with Crippen molar-refractivity contribution in [1.82, 2.24) is 14.0 Å². The number of nitrogens with zero attached hydrogens (tertiary/aromatic N) is 3. The highest BCUT2D eigenvalue weighted by atomic mass is 32.2. The second-order valence-corrected chi connectivity index (χ2v) is 10.3. The highest BCUT2D eigenvalue weighted by molar-refractivity contribution is 7.90. The van der Waals surface area contributed by atoms with Crippen LogP contribution in [0.3, 0.4) is 0 Å². The summed E-state index contributed by atoms with van der Waals surface area (Å²) in [5.74, 6) is 0.471. The third-order valence-corrected chi connectivity index (χ3v) is 7.98. The summed E-state index contributed by atoms with van der Waals surface area (Å²) >= 11 is 0. The predicted molar refractivity (Wildman–Crippen MR) is 110 cm³/mol. The lowest BCUT2D eigenvalue weighted by Crippen LogP contribution is -2.50. The summed E-state index contributed by atoms with van der Waals surface area (Å²) in [6.07, 6.45) is 2.68. The first-order chi connectivity index (χ1) is 13.8. The standard InChI is InChI=1S/C18H24N4O5S2/c1-27-17-6-4-16(5-7-17)21-10-12-22(13-11-21)28(23,24)14-9-20-29(25,26)18-3-2-8-19-15-18/h2-8,15,20H,9-14H2,1H3. The van der Waals surface area contributed by atoms with Crippen molar-refractivity contribution in [3.8, 4) is 5.75 Å². The van der Waals surface area contributed by atoms with Crippen LogP contribution in [0.15, 0.2) is 53.7 Å². The van der Waals surface area contributed by atoms with Gasteiger partial charge in [0.2, 0.25) is 20.0 Å². The quantitative estimate of drug-likeness (QED) is 0.637. The molecule has 0 radical (unpaired) electrons. The van der Waals surface area contributed by atoms with Gasteiger partial charge in [-0.1, -0.05) is 0 Å². The van der Waals surface area contributed by atoms with Crippen molar-refractivity contribution in [3.63, 3.8) is 0 Å². The summed E-state index contributed by atoms with van der Waals surface area (Å²) in [5.41, 5.74) is 1.01. The van der Waals surface area contributed by atoms with E-state index >= 15 is 0 Å². The second kappa shape index (κ2) is 9.08. The molecule has 1 N–H and O–H groups in total. The summed E-state index contributed by atoms with van der Waals surface area (Å²) in [6, 6.07) is 10.5. The molecule has 0 saturated carbocycles. The van der Waals surface area contributed by atoms with E-state index in [1.807, 2.05) is 24.3 Å². The highest BCUT2D eigenvalue weighted by Gasteiger charge is 2.27. The van der Waals surface area contributed by atoms with Crippen molar-refractivity contribution in [1.29, 1.82) is 0 Å². The molecule has 3 rings (SSSR count). The average molecular weight is 441 g/mol. The molecule has 0 bridgehead atoms. The minimum Gasteiger partial charge on any atom is -0.497 e. The number of aromatic nitrogens is 1. The maximum absolute atomic E-state index is 12.6.